The summed E-state index contributed by atoms with van der Waals surface area (Å²) < 4.78 is 10.9. The Morgan fingerprint density at radius 1 is 1.16 bits per heavy atom. The van der Waals surface area contributed by atoms with Crippen molar-refractivity contribution in [3.8, 4) is 0 Å². The number of aryl methyl sites for hydroxylation is 2. The molecule has 2 unspecified atom stereocenters. The number of hydrogen-bond acceptors (Lipinski definition) is 7. The molecule has 0 bridgehead atoms. The standard InChI is InChI=1S/C30H43N3O4S/c1-6-36-28(34)24-11-9-22(10-12-24)8-7-15-32-16-13-23(14-17-32)20-33(29(35)37-30(3,4)5)26-18-25(26)27-19-31-21(2)38-27/h9-12,19,23,25-26H,6-8,13-18,20H2,1-5H3. The van der Waals surface area contributed by atoms with Crippen LogP contribution in [-0.2, 0) is 15.9 Å². The van der Waals surface area contributed by atoms with Crippen molar-refractivity contribution in [2.24, 2.45) is 5.92 Å². The van der Waals surface area contributed by atoms with Crippen LogP contribution < -0.4 is 0 Å². The Morgan fingerprint density at radius 3 is 2.47 bits per heavy atom. The Labute approximate surface area is 231 Å². The van der Waals surface area contributed by atoms with E-state index in [0.717, 1.165) is 63.3 Å². The van der Waals surface area contributed by atoms with Crippen LogP contribution >= 0.6 is 11.3 Å². The van der Waals surface area contributed by atoms with E-state index >= 15 is 0 Å². The van der Waals surface area contributed by atoms with Crippen molar-refractivity contribution in [1.82, 2.24) is 14.8 Å². The molecule has 0 N–H and O–H groups in total. The van der Waals surface area contributed by atoms with Crippen LogP contribution in [0.3, 0.4) is 0 Å². The molecule has 208 valence electrons. The van der Waals surface area contributed by atoms with Gasteiger partial charge in [0.15, 0.2) is 0 Å². The molecule has 8 heteroatoms. The van der Waals surface area contributed by atoms with Crippen molar-refractivity contribution < 1.29 is 19.1 Å². The van der Waals surface area contributed by atoms with Crippen molar-refractivity contribution >= 4 is 23.4 Å². The molecular weight excluding hydrogens is 498 g/mol. The third-order valence-corrected chi connectivity index (χ3v) is 8.40. The van der Waals surface area contributed by atoms with Crippen LogP contribution in [0.1, 0.15) is 85.1 Å². The predicted octanol–water partition coefficient (Wildman–Crippen LogP) is 6.07. The smallest absolute Gasteiger partial charge is 0.410 e. The van der Waals surface area contributed by atoms with E-state index in [2.05, 4.69) is 9.88 Å². The van der Waals surface area contributed by atoms with Crippen LogP contribution in [0, 0.1) is 12.8 Å². The Kier molecular flexibility index (Phi) is 9.47. The molecule has 2 fully saturated rings. The van der Waals surface area contributed by atoms with Gasteiger partial charge in [0.25, 0.3) is 0 Å². The quantitative estimate of drug-likeness (QED) is 0.340. The second-order valence-corrected chi connectivity index (χ2v) is 12.9. The molecule has 4 rings (SSSR count). The van der Waals surface area contributed by atoms with Gasteiger partial charge in [-0.1, -0.05) is 12.1 Å². The number of thiazole rings is 1. The van der Waals surface area contributed by atoms with E-state index < -0.39 is 5.60 Å². The van der Waals surface area contributed by atoms with E-state index in [1.807, 2.05) is 70.0 Å². The number of likely N-dealkylation sites (tertiary alicyclic amines) is 1. The van der Waals surface area contributed by atoms with Gasteiger partial charge < -0.3 is 19.3 Å². The van der Waals surface area contributed by atoms with E-state index in [4.69, 9.17) is 9.47 Å². The van der Waals surface area contributed by atoms with Gasteiger partial charge in [0, 0.05) is 29.6 Å². The summed E-state index contributed by atoms with van der Waals surface area (Å²) in [6, 6.07) is 7.99. The summed E-state index contributed by atoms with van der Waals surface area (Å²) in [5.74, 6) is 0.627. The molecule has 0 radical (unpaired) electrons. The minimum atomic E-state index is -0.497. The number of esters is 1. The summed E-state index contributed by atoms with van der Waals surface area (Å²) in [6.07, 6.45) is 7.09. The third kappa shape index (κ3) is 8.03. The first-order valence-corrected chi connectivity index (χ1v) is 14.8. The molecular formula is C30H43N3O4S. The fourth-order valence-corrected chi connectivity index (χ4v) is 6.20. The van der Waals surface area contributed by atoms with Gasteiger partial charge in [-0.25, -0.2) is 14.6 Å². The highest BCUT2D eigenvalue weighted by atomic mass is 32.1. The maximum Gasteiger partial charge on any atom is 0.410 e. The topological polar surface area (TPSA) is 72.0 Å². The summed E-state index contributed by atoms with van der Waals surface area (Å²) in [7, 11) is 0. The van der Waals surface area contributed by atoms with Gasteiger partial charge in [-0.2, -0.15) is 0 Å². The van der Waals surface area contributed by atoms with Gasteiger partial charge in [-0.05, 0) is 110 Å². The van der Waals surface area contributed by atoms with Crippen LogP contribution in [-0.4, -0.2) is 71.3 Å². The van der Waals surface area contributed by atoms with Gasteiger partial charge in [0.1, 0.15) is 5.60 Å². The zero-order chi connectivity index (χ0) is 27.3. The molecule has 1 amide bonds. The highest BCUT2D eigenvalue weighted by Gasteiger charge is 2.47. The first-order valence-electron chi connectivity index (χ1n) is 14.0. The van der Waals surface area contributed by atoms with E-state index in [9.17, 15) is 9.59 Å². The van der Waals surface area contributed by atoms with Crippen molar-refractivity contribution in [2.45, 2.75) is 84.3 Å². The molecule has 38 heavy (non-hydrogen) atoms. The number of piperidine rings is 1. The lowest BCUT2D eigenvalue weighted by molar-refractivity contribution is 0.0171. The molecule has 1 saturated heterocycles. The van der Waals surface area contributed by atoms with E-state index in [1.54, 1.807) is 11.3 Å². The zero-order valence-electron chi connectivity index (χ0n) is 23.6. The number of ether oxygens (including phenoxy) is 2. The van der Waals surface area contributed by atoms with Crippen LogP contribution in [0.5, 0.6) is 0 Å². The fraction of sp³-hybridized carbons (Fsp3) is 0.633. The molecule has 1 aromatic carbocycles. The number of rotatable bonds is 10. The van der Waals surface area contributed by atoms with Gasteiger partial charge in [0.2, 0.25) is 0 Å². The summed E-state index contributed by atoms with van der Waals surface area (Å²) in [5, 5.41) is 1.08. The van der Waals surface area contributed by atoms with Crippen LogP contribution in [0.25, 0.3) is 0 Å². The molecule has 0 spiro atoms. The first kappa shape index (κ1) is 28.6. The van der Waals surface area contributed by atoms with Crippen LogP contribution in [0.15, 0.2) is 30.5 Å². The summed E-state index contributed by atoms with van der Waals surface area (Å²) in [4.78, 5) is 35.3. The number of amides is 1. The van der Waals surface area contributed by atoms with Crippen molar-refractivity contribution in [3.05, 3.63) is 51.5 Å². The Morgan fingerprint density at radius 2 is 1.87 bits per heavy atom. The zero-order valence-corrected chi connectivity index (χ0v) is 24.4. The fourth-order valence-electron chi connectivity index (χ4n) is 5.25. The molecule has 2 atom stereocenters. The second kappa shape index (κ2) is 12.6. The maximum atomic E-state index is 13.2. The highest BCUT2D eigenvalue weighted by molar-refractivity contribution is 7.11. The first-order chi connectivity index (χ1) is 18.1. The third-order valence-electron chi connectivity index (χ3n) is 7.36. The van der Waals surface area contributed by atoms with Crippen molar-refractivity contribution in [2.75, 3.05) is 32.8 Å². The average molecular weight is 542 g/mol. The molecule has 1 aliphatic carbocycles. The number of hydrogen-bond donors (Lipinski definition) is 0. The van der Waals surface area contributed by atoms with Crippen LogP contribution in [0.4, 0.5) is 4.79 Å². The summed E-state index contributed by atoms with van der Waals surface area (Å²) in [6.45, 7) is 14.0. The molecule has 2 aliphatic rings. The van der Waals surface area contributed by atoms with Crippen molar-refractivity contribution in [1.29, 1.82) is 0 Å². The molecule has 2 aromatic rings. The van der Waals surface area contributed by atoms with Gasteiger partial charge >= 0.3 is 12.1 Å². The summed E-state index contributed by atoms with van der Waals surface area (Å²) in [5.41, 5.74) is 1.36. The van der Waals surface area contributed by atoms with E-state index in [-0.39, 0.29) is 18.1 Å². The lowest BCUT2D eigenvalue weighted by Gasteiger charge is -2.35. The van der Waals surface area contributed by atoms with Crippen LogP contribution in [0.2, 0.25) is 0 Å². The number of carbonyl (C=O) groups is 2. The Hall–Kier alpha value is -2.45. The number of nitrogens with zero attached hydrogens (tertiary/aromatic N) is 3. The maximum absolute atomic E-state index is 13.2. The second-order valence-electron chi connectivity index (χ2n) is 11.6. The Bertz CT molecular complexity index is 1070. The Balaban J connectivity index is 1.23. The van der Waals surface area contributed by atoms with E-state index in [1.165, 1.54) is 10.4 Å². The average Bonchev–Trinajstić information content (AvgIpc) is 3.54. The molecule has 1 saturated carbocycles. The monoisotopic (exact) mass is 541 g/mol. The molecule has 1 aromatic heterocycles. The van der Waals surface area contributed by atoms with E-state index in [0.29, 0.717) is 24.0 Å². The number of benzene rings is 1. The summed E-state index contributed by atoms with van der Waals surface area (Å²) >= 11 is 1.74. The van der Waals surface area contributed by atoms with Gasteiger partial charge in [-0.15, -0.1) is 11.3 Å². The number of aromatic nitrogens is 1. The molecule has 2 heterocycles. The highest BCUT2D eigenvalue weighted by Crippen LogP contribution is 2.47. The minimum Gasteiger partial charge on any atom is -0.462 e. The lowest BCUT2D eigenvalue weighted by atomic mass is 9.95. The largest absolute Gasteiger partial charge is 0.462 e. The molecule has 1 aliphatic heterocycles. The minimum absolute atomic E-state index is 0.178. The SMILES string of the molecule is CCOC(=O)c1ccc(CCCN2CCC(CN(C(=O)OC(C)(C)C)C3CC3c3cnc(C)s3)CC2)cc1. The lowest BCUT2D eigenvalue weighted by Crippen LogP contribution is -2.44. The van der Waals surface area contributed by atoms with Gasteiger partial charge in [0.05, 0.1) is 17.2 Å². The van der Waals surface area contributed by atoms with Gasteiger partial charge in [-0.3, -0.25) is 0 Å². The predicted molar refractivity (Wildman–Crippen MR) is 151 cm³/mol. The molecule has 7 nitrogen and oxygen atoms in total. The van der Waals surface area contributed by atoms with Crippen molar-refractivity contribution in [3.63, 3.8) is 0 Å². The normalized spacial score (nSPS) is 20.2. The number of carbonyl (C=O) groups excluding carboxylic acids is 2.